The second kappa shape index (κ2) is 4.40. The van der Waals surface area contributed by atoms with Crippen molar-refractivity contribution >= 4 is 5.78 Å². The molecule has 0 radical (unpaired) electrons. The third-order valence-electron chi connectivity index (χ3n) is 3.06. The molecule has 0 amide bonds. The molecule has 0 aliphatic carbocycles. The van der Waals surface area contributed by atoms with Crippen LogP contribution < -0.4 is 5.32 Å². The fraction of sp³-hybridized carbons (Fsp3) is 0.917. The lowest BCUT2D eigenvalue weighted by molar-refractivity contribution is -0.130. The van der Waals surface area contributed by atoms with E-state index in [0.717, 1.165) is 6.92 Å². The van der Waals surface area contributed by atoms with Crippen molar-refractivity contribution in [2.45, 2.75) is 65.0 Å². The summed E-state index contributed by atoms with van der Waals surface area (Å²) in [5, 5.41) is 2.80. The predicted octanol–water partition coefficient (Wildman–Crippen LogP) is 2.77. The van der Waals surface area contributed by atoms with Gasteiger partial charge in [0.2, 0.25) is 0 Å². The van der Waals surface area contributed by atoms with Gasteiger partial charge in [-0.3, -0.25) is 10.1 Å². The van der Waals surface area contributed by atoms with Gasteiger partial charge in [0, 0.05) is 12.3 Å². The number of alkyl halides is 2. The molecule has 2 atom stereocenters. The molecule has 1 aliphatic rings. The Morgan fingerprint density at radius 3 is 2.19 bits per heavy atom. The van der Waals surface area contributed by atoms with Crippen LogP contribution in [0, 0.1) is 5.41 Å². The summed E-state index contributed by atoms with van der Waals surface area (Å²) in [5.41, 5.74) is -0.470. The minimum atomic E-state index is -2.75. The Morgan fingerprint density at radius 1 is 1.19 bits per heavy atom. The molecule has 1 fully saturated rings. The van der Waals surface area contributed by atoms with E-state index >= 15 is 0 Å². The van der Waals surface area contributed by atoms with Gasteiger partial charge in [-0.15, -0.1) is 0 Å². The number of rotatable bonds is 2. The molecule has 1 N–H and O–H groups in total. The summed E-state index contributed by atoms with van der Waals surface area (Å²) in [4.78, 5) is 12.0. The lowest BCUT2D eigenvalue weighted by Crippen LogP contribution is -2.55. The predicted molar refractivity (Wildman–Crippen MR) is 59.6 cm³/mol. The van der Waals surface area contributed by atoms with Crippen LogP contribution in [0.5, 0.6) is 0 Å². The Balaban J connectivity index is 2.68. The summed E-state index contributed by atoms with van der Waals surface area (Å²) in [6, 6.07) is -1.28. The molecule has 0 aromatic rings. The molecule has 1 saturated heterocycles. The third-order valence-corrected chi connectivity index (χ3v) is 3.06. The molecular weight excluding hydrogens is 212 g/mol. The fourth-order valence-corrected chi connectivity index (χ4v) is 2.06. The number of halogens is 2. The van der Waals surface area contributed by atoms with Gasteiger partial charge in [-0.1, -0.05) is 20.8 Å². The topological polar surface area (TPSA) is 29.1 Å². The van der Waals surface area contributed by atoms with Crippen molar-refractivity contribution in [3.05, 3.63) is 0 Å². The normalized spacial score (nSPS) is 27.9. The standard InChI is InChI=1S/C12H21F2NO/c1-11(2,3)10(16)8-6-5-7-9(15-8)12(4,13)14/h8-9,15H,5-7H2,1-4H3. The Hall–Kier alpha value is -0.510. The maximum atomic E-state index is 13.2. The molecule has 4 heteroatoms. The van der Waals surface area contributed by atoms with E-state index in [1.54, 1.807) is 0 Å². The average Bonchev–Trinajstić information content (AvgIpc) is 2.14. The largest absolute Gasteiger partial charge is 0.299 e. The third kappa shape index (κ3) is 3.24. The van der Waals surface area contributed by atoms with Crippen molar-refractivity contribution in [2.75, 3.05) is 0 Å². The van der Waals surface area contributed by atoms with Gasteiger partial charge >= 0.3 is 0 Å². The second-order valence-electron chi connectivity index (χ2n) is 5.77. The molecular formula is C12H21F2NO. The molecule has 0 aromatic heterocycles. The average molecular weight is 233 g/mol. The fourth-order valence-electron chi connectivity index (χ4n) is 2.06. The first-order valence-corrected chi connectivity index (χ1v) is 5.80. The van der Waals surface area contributed by atoms with Crippen LogP contribution in [0.3, 0.4) is 0 Å². The van der Waals surface area contributed by atoms with Crippen molar-refractivity contribution in [2.24, 2.45) is 5.41 Å². The molecule has 1 rings (SSSR count). The van der Waals surface area contributed by atoms with Gasteiger partial charge in [0.25, 0.3) is 5.92 Å². The quantitative estimate of drug-likeness (QED) is 0.794. The van der Waals surface area contributed by atoms with Crippen LogP contribution in [0.4, 0.5) is 8.78 Å². The zero-order valence-corrected chi connectivity index (χ0v) is 10.4. The summed E-state index contributed by atoms with van der Waals surface area (Å²) >= 11 is 0. The number of hydrogen-bond acceptors (Lipinski definition) is 2. The molecule has 2 nitrogen and oxygen atoms in total. The smallest absolute Gasteiger partial charge is 0.260 e. The van der Waals surface area contributed by atoms with Gasteiger partial charge in [-0.25, -0.2) is 8.78 Å². The lowest BCUT2D eigenvalue weighted by atomic mass is 9.82. The van der Waals surface area contributed by atoms with E-state index in [1.165, 1.54) is 0 Å². The van der Waals surface area contributed by atoms with Crippen LogP contribution >= 0.6 is 0 Å². The SMILES string of the molecule is CC(C)(C)C(=O)C1CCCC(C(C)(F)F)N1. The highest BCUT2D eigenvalue weighted by atomic mass is 19.3. The Morgan fingerprint density at radius 2 is 1.75 bits per heavy atom. The molecule has 94 valence electrons. The highest BCUT2D eigenvalue weighted by molar-refractivity contribution is 5.88. The minimum Gasteiger partial charge on any atom is -0.299 e. The number of piperidine rings is 1. The van der Waals surface area contributed by atoms with E-state index in [4.69, 9.17) is 0 Å². The molecule has 0 saturated carbocycles. The van der Waals surface area contributed by atoms with Gasteiger partial charge in [-0.2, -0.15) is 0 Å². The number of Topliss-reactive ketones (excluding diaryl/α,β-unsaturated/α-hetero) is 1. The first kappa shape index (κ1) is 13.6. The molecule has 0 aromatic carbocycles. The van der Waals surface area contributed by atoms with Crippen LogP contribution in [-0.4, -0.2) is 23.8 Å². The number of ketones is 1. The monoisotopic (exact) mass is 233 g/mol. The number of hydrogen-bond donors (Lipinski definition) is 1. The van der Waals surface area contributed by atoms with Gasteiger partial charge < -0.3 is 0 Å². The summed E-state index contributed by atoms with van der Waals surface area (Å²) in [7, 11) is 0. The number of nitrogens with one attached hydrogen (secondary N) is 1. The molecule has 0 spiro atoms. The number of carbonyl (C=O) groups excluding carboxylic acids is 1. The van der Waals surface area contributed by atoms with Gasteiger partial charge in [0.05, 0.1) is 12.1 Å². The molecule has 16 heavy (non-hydrogen) atoms. The van der Waals surface area contributed by atoms with Crippen LogP contribution in [-0.2, 0) is 4.79 Å². The Kier molecular flexibility index (Phi) is 3.72. The van der Waals surface area contributed by atoms with Crippen molar-refractivity contribution in [1.82, 2.24) is 5.32 Å². The lowest BCUT2D eigenvalue weighted by Gasteiger charge is -2.36. The zero-order chi connectivity index (χ0) is 12.6. The number of carbonyl (C=O) groups is 1. The van der Waals surface area contributed by atoms with E-state index in [1.807, 2.05) is 20.8 Å². The van der Waals surface area contributed by atoms with Crippen molar-refractivity contribution < 1.29 is 13.6 Å². The molecule has 0 bridgehead atoms. The van der Waals surface area contributed by atoms with Crippen molar-refractivity contribution in [3.63, 3.8) is 0 Å². The van der Waals surface area contributed by atoms with E-state index in [2.05, 4.69) is 5.32 Å². The van der Waals surface area contributed by atoms with E-state index in [9.17, 15) is 13.6 Å². The van der Waals surface area contributed by atoms with Crippen molar-refractivity contribution in [1.29, 1.82) is 0 Å². The molecule has 1 aliphatic heterocycles. The van der Waals surface area contributed by atoms with Crippen LogP contribution in [0.2, 0.25) is 0 Å². The van der Waals surface area contributed by atoms with Gasteiger partial charge in [-0.05, 0) is 19.3 Å². The van der Waals surface area contributed by atoms with E-state index < -0.39 is 23.4 Å². The van der Waals surface area contributed by atoms with Crippen molar-refractivity contribution in [3.8, 4) is 0 Å². The zero-order valence-electron chi connectivity index (χ0n) is 10.4. The summed E-state index contributed by atoms with van der Waals surface area (Å²) in [6.07, 6.45) is 1.80. The maximum Gasteiger partial charge on any atom is 0.260 e. The summed E-state index contributed by atoms with van der Waals surface area (Å²) < 4.78 is 26.3. The van der Waals surface area contributed by atoms with Gasteiger partial charge in [0.1, 0.15) is 0 Å². The summed E-state index contributed by atoms with van der Waals surface area (Å²) in [5.74, 6) is -2.72. The summed E-state index contributed by atoms with van der Waals surface area (Å²) in [6.45, 7) is 6.38. The highest BCUT2D eigenvalue weighted by Crippen LogP contribution is 2.29. The highest BCUT2D eigenvalue weighted by Gasteiger charge is 2.40. The first-order valence-electron chi connectivity index (χ1n) is 5.80. The molecule has 2 unspecified atom stereocenters. The van der Waals surface area contributed by atoms with Gasteiger partial charge in [0.15, 0.2) is 5.78 Å². The van der Waals surface area contributed by atoms with E-state index in [-0.39, 0.29) is 5.78 Å². The maximum absolute atomic E-state index is 13.2. The Labute approximate surface area is 95.8 Å². The first-order chi connectivity index (χ1) is 7.12. The molecule has 1 heterocycles. The van der Waals surface area contributed by atoms with E-state index in [0.29, 0.717) is 19.3 Å². The van der Waals surface area contributed by atoms with Crippen LogP contribution in [0.15, 0.2) is 0 Å². The van der Waals surface area contributed by atoms with Crippen LogP contribution in [0.1, 0.15) is 47.0 Å². The Bertz CT molecular complexity index is 265. The second-order valence-corrected chi connectivity index (χ2v) is 5.77. The minimum absolute atomic E-state index is 0.0291. The van der Waals surface area contributed by atoms with Crippen LogP contribution in [0.25, 0.3) is 0 Å².